The summed E-state index contributed by atoms with van der Waals surface area (Å²) in [6.07, 6.45) is 19.8. The summed E-state index contributed by atoms with van der Waals surface area (Å²) in [5.41, 5.74) is 1.20. The van der Waals surface area contributed by atoms with Gasteiger partial charge in [-0.25, -0.2) is 0 Å². The van der Waals surface area contributed by atoms with Crippen molar-refractivity contribution in [1.29, 1.82) is 0 Å². The average molecular weight is 372 g/mol. The number of hydrogen-bond acceptors (Lipinski definition) is 2. The molecule has 0 aliphatic heterocycles. The molecule has 0 atom stereocenters. The Morgan fingerprint density at radius 2 is 1.52 bits per heavy atom. The number of hydrogen-bond donors (Lipinski definition) is 0. The summed E-state index contributed by atoms with van der Waals surface area (Å²) in [7, 11) is 0. The second-order valence-corrected chi connectivity index (χ2v) is 9.22. The van der Waals surface area contributed by atoms with E-state index in [0.29, 0.717) is 0 Å². The molecule has 0 saturated heterocycles. The van der Waals surface area contributed by atoms with Crippen LogP contribution >= 0.6 is 0 Å². The summed E-state index contributed by atoms with van der Waals surface area (Å²) in [4.78, 5) is 4.58. The number of aryl methyl sites for hydroxylation is 1. The molecule has 2 saturated carbocycles. The fourth-order valence-corrected chi connectivity index (χ4v) is 5.31. The van der Waals surface area contributed by atoms with Crippen LogP contribution in [0, 0.1) is 23.7 Å². The lowest BCUT2D eigenvalue weighted by Crippen LogP contribution is -2.27. The lowest BCUT2D eigenvalue weighted by molar-refractivity contribution is 0.123. The molecule has 1 aromatic heterocycles. The van der Waals surface area contributed by atoms with Crippen LogP contribution in [0.1, 0.15) is 96.6 Å². The van der Waals surface area contributed by atoms with E-state index >= 15 is 0 Å². The molecule has 1 aromatic rings. The highest BCUT2D eigenvalue weighted by Crippen LogP contribution is 2.42. The van der Waals surface area contributed by atoms with E-state index in [1.807, 2.05) is 6.20 Å². The highest BCUT2D eigenvalue weighted by molar-refractivity contribution is 5.20. The quantitative estimate of drug-likeness (QED) is 0.428. The smallest absolute Gasteiger partial charge is 0.137 e. The monoisotopic (exact) mass is 371 g/mol. The van der Waals surface area contributed by atoms with Gasteiger partial charge in [0.25, 0.3) is 0 Å². The van der Waals surface area contributed by atoms with E-state index in [9.17, 15) is 0 Å². The highest BCUT2D eigenvalue weighted by atomic mass is 16.5. The van der Waals surface area contributed by atoms with Gasteiger partial charge in [0.15, 0.2) is 0 Å². The van der Waals surface area contributed by atoms with Crippen LogP contribution in [0.5, 0.6) is 5.75 Å². The summed E-state index contributed by atoms with van der Waals surface area (Å²) in [5, 5.41) is 0. The number of unbranched alkanes of at least 4 members (excludes halogenated alkanes) is 2. The fraction of sp³-hybridized carbons (Fsp3) is 0.800. The molecule has 0 bridgehead atoms. The molecule has 27 heavy (non-hydrogen) atoms. The van der Waals surface area contributed by atoms with Crippen LogP contribution in [0.2, 0.25) is 0 Å². The Morgan fingerprint density at radius 3 is 2.07 bits per heavy atom. The van der Waals surface area contributed by atoms with Crippen LogP contribution < -0.4 is 4.74 Å². The van der Waals surface area contributed by atoms with Gasteiger partial charge in [-0.15, -0.1) is 0 Å². The van der Waals surface area contributed by atoms with Gasteiger partial charge in [0.2, 0.25) is 0 Å². The van der Waals surface area contributed by atoms with E-state index in [1.165, 1.54) is 82.7 Å². The summed E-state index contributed by atoms with van der Waals surface area (Å²) < 4.78 is 6.07. The minimum atomic E-state index is 0.748. The highest BCUT2D eigenvalue weighted by Gasteiger charge is 2.30. The average Bonchev–Trinajstić information content (AvgIpc) is 2.74. The van der Waals surface area contributed by atoms with Gasteiger partial charge in [-0.2, -0.15) is 0 Å². The van der Waals surface area contributed by atoms with Gasteiger partial charge in [0.05, 0.1) is 12.8 Å². The van der Waals surface area contributed by atoms with Crippen LogP contribution in [0.4, 0.5) is 0 Å². The molecular formula is C25H41NO. The van der Waals surface area contributed by atoms with Crippen molar-refractivity contribution in [3.8, 4) is 5.75 Å². The molecule has 1 heterocycles. The predicted molar refractivity (Wildman–Crippen MR) is 114 cm³/mol. The molecule has 2 nitrogen and oxygen atoms in total. The number of nitrogens with zero attached hydrogens (tertiary/aromatic N) is 1. The Kier molecular flexibility index (Phi) is 8.48. The molecular weight excluding hydrogens is 330 g/mol. The molecule has 0 amide bonds. The first-order valence-electron chi connectivity index (χ1n) is 11.9. The third-order valence-corrected chi connectivity index (χ3v) is 7.35. The zero-order valence-electron chi connectivity index (χ0n) is 17.8. The molecule has 2 fully saturated rings. The zero-order valence-corrected chi connectivity index (χ0v) is 17.8. The van der Waals surface area contributed by atoms with E-state index in [0.717, 1.165) is 42.4 Å². The molecule has 152 valence electrons. The number of ether oxygens (including phenoxy) is 1. The molecule has 0 radical (unpaired) electrons. The molecule has 0 N–H and O–H groups in total. The molecule has 2 aliphatic carbocycles. The Hall–Kier alpha value is -1.05. The maximum Gasteiger partial charge on any atom is 0.137 e. The van der Waals surface area contributed by atoms with E-state index in [2.05, 4.69) is 31.0 Å². The van der Waals surface area contributed by atoms with Crippen molar-refractivity contribution in [3.63, 3.8) is 0 Å². The van der Waals surface area contributed by atoms with Gasteiger partial charge < -0.3 is 4.74 Å². The first-order chi connectivity index (χ1) is 13.3. The van der Waals surface area contributed by atoms with Crippen LogP contribution in [-0.2, 0) is 6.42 Å². The van der Waals surface area contributed by atoms with E-state index in [1.54, 1.807) is 0 Å². The summed E-state index contributed by atoms with van der Waals surface area (Å²) in [5.74, 6) is 4.76. The molecule has 3 rings (SSSR count). The molecule has 0 aromatic carbocycles. The molecule has 2 heteroatoms. The molecule has 2 aliphatic rings. The maximum atomic E-state index is 6.07. The Labute approximate surface area is 167 Å². The van der Waals surface area contributed by atoms with Gasteiger partial charge in [-0.1, -0.05) is 46.0 Å². The minimum absolute atomic E-state index is 0.748. The molecule has 0 spiro atoms. The van der Waals surface area contributed by atoms with Gasteiger partial charge in [-0.3, -0.25) is 4.98 Å². The standard InChI is InChI=1S/C25H41NO/c1-3-5-6-7-24-16-17-25(18-26-24)27-19-21-10-14-23(15-11-21)22-12-8-20(4-2)9-13-22/h16-18,20-23H,3-15,19H2,1-2H3/t20-,21-,22-,23-. The van der Waals surface area contributed by atoms with Crippen molar-refractivity contribution in [3.05, 3.63) is 24.0 Å². The normalized spacial score (nSPS) is 28.8. The lowest BCUT2D eigenvalue weighted by Gasteiger charge is -2.37. The van der Waals surface area contributed by atoms with Gasteiger partial charge in [0, 0.05) is 5.69 Å². The molecule has 0 unspecified atom stereocenters. The van der Waals surface area contributed by atoms with Crippen molar-refractivity contribution in [2.45, 2.75) is 97.3 Å². The van der Waals surface area contributed by atoms with Crippen LogP contribution in [0.15, 0.2) is 18.3 Å². The van der Waals surface area contributed by atoms with Crippen molar-refractivity contribution < 1.29 is 4.74 Å². The van der Waals surface area contributed by atoms with Gasteiger partial charge >= 0.3 is 0 Å². The van der Waals surface area contributed by atoms with E-state index in [4.69, 9.17) is 4.74 Å². The summed E-state index contributed by atoms with van der Waals surface area (Å²) >= 11 is 0. The summed E-state index contributed by atoms with van der Waals surface area (Å²) in [6.45, 7) is 5.49. The first-order valence-corrected chi connectivity index (χ1v) is 11.9. The Balaban J connectivity index is 1.33. The van der Waals surface area contributed by atoms with Gasteiger partial charge in [0.1, 0.15) is 5.75 Å². The van der Waals surface area contributed by atoms with Crippen molar-refractivity contribution in [1.82, 2.24) is 4.98 Å². The fourth-order valence-electron chi connectivity index (χ4n) is 5.31. The number of rotatable bonds is 9. The van der Waals surface area contributed by atoms with E-state index in [-0.39, 0.29) is 0 Å². The zero-order chi connectivity index (χ0) is 18.9. The largest absolute Gasteiger partial charge is 0.492 e. The van der Waals surface area contributed by atoms with Crippen LogP contribution in [0.25, 0.3) is 0 Å². The summed E-state index contributed by atoms with van der Waals surface area (Å²) in [6, 6.07) is 4.26. The third kappa shape index (κ3) is 6.50. The predicted octanol–water partition coefficient (Wildman–Crippen LogP) is 7.22. The van der Waals surface area contributed by atoms with E-state index < -0.39 is 0 Å². The van der Waals surface area contributed by atoms with Gasteiger partial charge in [-0.05, 0) is 87.2 Å². The van der Waals surface area contributed by atoms with Crippen molar-refractivity contribution >= 4 is 0 Å². The second-order valence-electron chi connectivity index (χ2n) is 9.22. The Morgan fingerprint density at radius 1 is 0.852 bits per heavy atom. The van der Waals surface area contributed by atoms with Crippen molar-refractivity contribution in [2.24, 2.45) is 23.7 Å². The van der Waals surface area contributed by atoms with Crippen molar-refractivity contribution in [2.75, 3.05) is 6.61 Å². The topological polar surface area (TPSA) is 22.1 Å². The SMILES string of the molecule is CCCCCc1ccc(OC[C@H]2CC[C@H]([C@H]3CC[C@H](CC)CC3)CC2)cn1. The minimum Gasteiger partial charge on any atom is -0.492 e. The maximum absolute atomic E-state index is 6.07. The number of pyridine rings is 1. The van der Waals surface area contributed by atoms with Crippen LogP contribution in [0.3, 0.4) is 0 Å². The first kappa shape index (κ1) is 20.7. The Bertz CT molecular complexity index is 510. The number of aromatic nitrogens is 1. The second kappa shape index (κ2) is 11.1. The van der Waals surface area contributed by atoms with Crippen LogP contribution in [-0.4, -0.2) is 11.6 Å². The third-order valence-electron chi connectivity index (χ3n) is 7.35. The lowest BCUT2D eigenvalue weighted by atomic mass is 9.69.